The Labute approximate surface area is 157 Å². The third-order valence-electron chi connectivity index (χ3n) is 4.41. The number of aromatic nitrogens is 4. The number of nitrogens with one attached hydrogen (secondary N) is 1. The van der Waals surface area contributed by atoms with Crippen molar-refractivity contribution in [1.29, 1.82) is 0 Å². The zero-order valence-corrected chi connectivity index (χ0v) is 15.6. The number of anilines is 1. The number of hydrogen-bond donors (Lipinski definition) is 1. The number of amides is 2. The summed E-state index contributed by atoms with van der Waals surface area (Å²) in [6.45, 7) is 4.52. The number of rotatable bonds is 6. The van der Waals surface area contributed by atoms with Gasteiger partial charge in [-0.1, -0.05) is 6.92 Å². The molecule has 7 nitrogen and oxygen atoms in total. The average molecular weight is 370 g/mol. The summed E-state index contributed by atoms with van der Waals surface area (Å²) in [7, 11) is 1.72. The van der Waals surface area contributed by atoms with Crippen LogP contribution in [0.4, 0.5) is 15.0 Å². The smallest absolute Gasteiger partial charge is 0.323 e. The molecular formula is C19H23FN6O. The summed E-state index contributed by atoms with van der Waals surface area (Å²) >= 11 is 0. The molecule has 0 unspecified atom stereocenters. The molecule has 1 N–H and O–H groups in total. The second-order valence-corrected chi connectivity index (χ2v) is 6.47. The Morgan fingerprint density at radius 2 is 2.00 bits per heavy atom. The van der Waals surface area contributed by atoms with Gasteiger partial charge in [0.1, 0.15) is 11.6 Å². The Balaban J connectivity index is 1.64. The van der Waals surface area contributed by atoms with E-state index >= 15 is 0 Å². The van der Waals surface area contributed by atoms with E-state index in [0.717, 1.165) is 17.7 Å². The Bertz CT molecular complexity index is 901. The summed E-state index contributed by atoms with van der Waals surface area (Å²) in [5.74, 6) is 0.377. The van der Waals surface area contributed by atoms with Crippen LogP contribution in [0.15, 0.2) is 48.9 Å². The number of benzene rings is 1. The fourth-order valence-corrected chi connectivity index (χ4v) is 2.66. The van der Waals surface area contributed by atoms with Crippen LogP contribution >= 0.6 is 0 Å². The largest absolute Gasteiger partial charge is 0.323 e. The van der Waals surface area contributed by atoms with Gasteiger partial charge in [-0.3, -0.25) is 5.32 Å². The van der Waals surface area contributed by atoms with E-state index in [1.54, 1.807) is 51.9 Å². The summed E-state index contributed by atoms with van der Waals surface area (Å²) in [6.07, 6.45) is 6.11. The Hall–Kier alpha value is -3.16. The number of hydrogen-bond acceptors (Lipinski definition) is 3. The van der Waals surface area contributed by atoms with Crippen LogP contribution in [0.25, 0.3) is 5.69 Å². The van der Waals surface area contributed by atoms with Crippen molar-refractivity contribution in [3.8, 4) is 5.69 Å². The van der Waals surface area contributed by atoms with Gasteiger partial charge in [-0.15, -0.1) is 0 Å². The van der Waals surface area contributed by atoms with E-state index in [0.29, 0.717) is 12.4 Å². The average Bonchev–Trinajstić information content (AvgIpc) is 3.31. The Morgan fingerprint density at radius 3 is 2.70 bits per heavy atom. The van der Waals surface area contributed by atoms with Crippen molar-refractivity contribution in [2.24, 2.45) is 0 Å². The molecule has 27 heavy (non-hydrogen) atoms. The van der Waals surface area contributed by atoms with Crippen LogP contribution in [0.1, 0.15) is 31.9 Å². The van der Waals surface area contributed by atoms with Gasteiger partial charge in [0.05, 0.1) is 30.7 Å². The molecule has 0 aliphatic heterocycles. The van der Waals surface area contributed by atoms with Crippen molar-refractivity contribution in [2.75, 3.05) is 12.4 Å². The maximum atomic E-state index is 13.0. The van der Waals surface area contributed by atoms with E-state index in [-0.39, 0.29) is 17.9 Å². The second-order valence-electron chi connectivity index (χ2n) is 6.47. The topological polar surface area (TPSA) is 68.0 Å². The lowest BCUT2D eigenvalue weighted by molar-refractivity contribution is 0.220. The first kappa shape index (κ1) is 18.6. The third-order valence-corrected chi connectivity index (χ3v) is 4.41. The molecule has 0 aliphatic carbocycles. The van der Waals surface area contributed by atoms with Crippen molar-refractivity contribution >= 4 is 11.8 Å². The van der Waals surface area contributed by atoms with E-state index in [2.05, 4.69) is 29.4 Å². The van der Waals surface area contributed by atoms with Crippen LogP contribution < -0.4 is 5.32 Å². The van der Waals surface area contributed by atoms with Crippen LogP contribution in [0.3, 0.4) is 0 Å². The van der Waals surface area contributed by atoms with Crippen LogP contribution in [0, 0.1) is 5.82 Å². The van der Waals surface area contributed by atoms with Gasteiger partial charge in [0.2, 0.25) is 0 Å². The van der Waals surface area contributed by atoms with Gasteiger partial charge in [0, 0.05) is 24.9 Å². The van der Waals surface area contributed by atoms with Crippen molar-refractivity contribution in [3.63, 3.8) is 0 Å². The quantitative estimate of drug-likeness (QED) is 0.717. The van der Waals surface area contributed by atoms with Crippen molar-refractivity contribution in [2.45, 2.75) is 32.9 Å². The Kier molecular flexibility index (Phi) is 5.54. The minimum Gasteiger partial charge on any atom is -0.323 e. The molecule has 0 bridgehead atoms. The van der Waals surface area contributed by atoms with E-state index in [1.165, 1.54) is 12.1 Å². The summed E-state index contributed by atoms with van der Waals surface area (Å²) in [5, 5.41) is 11.4. The zero-order valence-electron chi connectivity index (χ0n) is 15.6. The Morgan fingerprint density at radius 1 is 1.26 bits per heavy atom. The standard InChI is InChI=1S/C19H23FN6O/c1-4-14(2)26-18(9-10-21-26)23-19(27)24(3)12-15-11-22-25(13-15)17-7-5-16(20)6-8-17/h5-11,13-14H,4,12H2,1-3H3,(H,23,27)/t14-/m0/s1. The fraction of sp³-hybridized carbons (Fsp3) is 0.316. The van der Waals surface area contributed by atoms with Crippen LogP contribution in [-0.4, -0.2) is 37.5 Å². The molecule has 2 amide bonds. The lowest BCUT2D eigenvalue weighted by atomic mass is 10.3. The molecule has 1 aromatic carbocycles. The van der Waals surface area contributed by atoms with Gasteiger partial charge in [-0.25, -0.2) is 18.5 Å². The van der Waals surface area contributed by atoms with Gasteiger partial charge in [0.15, 0.2) is 0 Å². The molecule has 0 aliphatic rings. The molecule has 142 valence electrons. The van der Waals surface area contributed by atoms with Gasteiger partial charge in [-0.2, -0.15) is 10.2 Å². The van der Waals surface area contributed by atoms with Crippen molar-refractivity contribution in [1.82, 2.24) is 24.5 Å². The molecule has 0 radical (unpaired) electrons. The molecule has 8 heteroatoms. The molecule has 3 aromatic rings. The molecule has 0 spiro atoms. The van der Waals surface area contributed by atoms with Gasteiger partial charge < -0.3 is 4.90 Å². The number of nitrogens with zero attached hydrogens (tertiary/aromatic N) is 5. The molecule has 3 rings (SSSR count). The summed E-state index contributed by atoms with van der Waals surface area (Å²) in [5.41, 5.74) is 1.62. The first-order chi connectivity index (χ1) is 13.0. The van der Waals surface area contributed by atoms with Crippen LogP contribution in [-0.2, 0) is 6.54 Å². The number of carbonyl (C=O) groups is 1. The van der Waals surface area contributed by atoms with E-state index in [4.69, 9.17) is 0 Å². The van der Waals surface area contributed by atoms with Gasteiger partial charge in [0.25, 0.3) is 0 Å². The summed E-state index contributed by atoms with van der Waals surface area (Å²) in [4.78, 5) is 14.1. The van der Waals surface area contributed by atoms with E-state index in [1.807, 2.05) is 6.20 Å². The van der Waals surface area contributed by atoms with Crippen molar-refractivity contribution in [3.05, 3.63) is 60.3 Å². The fourth-order valence-electron chi connectivity index (χ4n) is 2.66. The molecule has 0 fully saturated rings. The van der Waals surface area contributed by atoms with Gasteiger partial charge >= 0.3 is 6.03 Å². The molecule has 0 saturated heterocycles. The number of urea groups is 1. The lowest BCUT2D eigenvalue weighted by Gasteiger charge is -2.19. The number of carbonyl (C=O) groups excluding carboxylic acids is 1. The SMILES string of the molecule is CC[C@H](C)n1nccc1NC(=O)N(C)Cc1cnn(-c2ccc(F)cc2)c1. The minimum atomic E-state index is -0.292. The predicted octanol–water partition coefficient (Wildman–Crippen LogP) is 3.84. The highest BCUT2D eigenvalue weighted by Crippen LogP contribution is 2.17. The highest BCUT2D eigenvalue weighted by atomic mass is 19.1. The first-order valence-electron chi connectivity index (χ1n) is 8.83. The van der Waals surface area contributed by atoms with Crippen LogP contribution in [0.2, 0.25) is 0 Å². The molecule has 1 atom stereocenters. The lowest BCUT2D eigenvalue weighted by Crippen LogP contribution is -2.31. The minimum absolute atomic E-state index is 0.203. The highest BCUT2D eigenvalue weighted by molar-refractivity contribution is 5.88. The molecular weight excluding hydrogens is 347 g/mol. The molecule has 2 aromatic heterocycles. The predicted molar refractivity (Wildman–Crippen MR) is 101 cm³/mol. The van der Waals surface area contributed by atoms with E-state index in [9.17, 15) is 9.18 Å². The van der Waals surface area contributed by atoms with Crippen molar-refractivity contribution < 1.29 is 9.18 Å². The summed E-state index contributed by atoms with van der Waals surface area (Å²) < 4.78 is 16.5. The number of halogens is 1. The second kappa shape index (κ2) is 8.03. The molecule has 2 heterocycles. The normalized spacial score (nSPS) is 12.0. The third kappa shape index (κ3) is 4.33. The summed E-state index contributed by atoms with van der Waals surface area (Å²) in [6, 6.07) is 7.83. The zero-order chi connectivity index (χ0) is 19.4. The maximum Gasteiger partial charge on any atom is 0.323 e. The monoisotopic (exact) mass is 370 g/mol. The highest BCUT2D eigenvalue weighted by Gasteiger charge is 2.15. The van der Waals surface area contributed by atoms with Gasteiger partial charge in [-0.05, 0) is 37.6 Å². The van der Waals surface area contributed by atoms with Crippen LogP contribution in [0.5, 0.6) is 0 Å². The first-order valence-corrected chi connectivity index (χ1v) is 8.83. The maximum absolute atomic E-state index is 13.0. The molecule has 0 saturated carbocycles. The van der Waals surface area contributed by atoms with E-state index < -0.39 is 0 Å².